The predicted octanol–water partition coefficient (Wildman–Crippen LogP) is 3.45. The Bertz CT molecular complexity index is 823. The SMILES string of the molecule is CCOC(=O)c1ccc(NC(=O)COC(=O)c2ccc(F)cc2Cl)cc1. The van der Waals surface area contributed by atoms with Crippen molar-refractivity contribution in [1.82, 2.24) is 0 Å². The van der Waals surface area contributed by atoms with Crippen molar-refractivity contribution in [1.29, 1.82) is 0 Å². The molecule has 0 aliphatic rings. The van der Waals surface area contributed by atoms with Gasteiger partial charge >= 0.3 is 11.9 Å². The molecule has 1 N–H and O–H groups in total. The third kappa shape index (κ3) is 5.29. The van der Waals surface area contributed by atoms with Gasteiger partial charge in [0.25, 0.3) is 5.91 Å². The van der Waals surface area contributed by atoms with Gasteiger partial charge in [-0.2, -0.15) is 0 Å². The summed E-state index contributed by atoms with van der Waals surface area (Å²) in [4.78, 5) is 35.2. The van der Waals surface area contributed by atoms with Crippen molar-refractivity contribution >= 4 is 35.1 Å². The van der Waals surface area contributed by atoms with Gasteiger partial charge in [0.15, 0.2) is 6.61 Å². The maximum atomic E-state index is 13.0. The molecule has 0 aliphatic heterocycles. The highest BCUT2D eigenvalue weighted by molar-refractivity contribution is 6.33. The van der Waals surface area contributed by atoms with Gasteiger partial charge in [0.05, 0.1) is 22.8 Å². The first kappa shape index (κ1) is 19.4. The first-order valence-corrected chi connectivity index (χ1v) is 7.97. The minimum absolute atomic E-state index is 0.0420. The quantitative estimate of drug-likeness (QED) is 0.777. The summed E-state index contributed by atoms with van der Waals surface area (Å²) in [5.74, 6) is -2.48. The fourth-order valence-corrected chi connectivity index (χ4v) is 2.21. The Morgan fingerprint density at radius 2 is 1.73 bits per heavy atom. The van der Waals surface area contributed by atoms with Crippen LogP contribution < -0.4 is 5.32 Å². The van der Waals surface area contributed by atoms with Gasteiger partial charge < -0.3 is 14.8 Å². The predicted molar refractivity (Wildman–Crippen MR) is 92.7 cm³/mol. The second-order valence-electron chi connectivity index (χ2n) is 5.05. The zero-order valence-corrected chi connectivity index (χ0v) is 14.5. The number of ether oxygens (including phenoxy) is 2. The highest BCUT2D eigenvalue weighted by atomic mass is 35.5. The monoisotopic (exact) mass is 379 g/mol. The van der Waals surface area contributed by atoms with Gasteiger partial charge in [-0.25, -0.2) is 14.0 Å². The number of hydrogen-bond donors (Lipinski definition) is 1. The fourth-order valence-electron chi connectivity index (χ4n) is 1.97. The summed E-state index contributed by atoms with van der Waals surface area (Å²) >= 11 is 5.75. The third-order valence-corrected chi connectivity index (χ3v) is 3.48. The van der Waals surface area contributed by atoms with Crippen molar-refractivity contribution in [3.05, 3.63) is 64.4 Å². The average molecular weight is 380 g/mol. The van der Waals surface area contributed by atoms with Gasteiger partial charge in [-0.05, 0) is 49.4 Å². The number of anilines is 1. The molecule has 136 valence electrons. The van der Waals surface area contributed by atoms with Crippen LogP contribution in [0.1, 0.15) is 27.6 Å². The van der Waals surface area contributed by atoms with Crippen LogP contribution in [-0.4, -0.2) is 31.1 Å². The molecule has 0 radical (unpaired) electrons. The van der Waals surface area contributed by atoms with Crippen LogP contribution in [0.5, 0.6) is 0 Å². The standard InChI is InChI=1S/C18H15ClFNO5/c1-2-25-17(23)11-3-6-13(7-4-11)21-16(22)10-26-18(24)14-8-5-12(20)9-15(14)19/h3-9H,2,10H2,1H3,(H,21,22). The molecular weight excluding hydrogens is 365 g/mol. The Hall–Kier alpha value is -2.93. The molecule has 2 aromatic carbocycles. The number of carbonyl (C=O) groups excluding carboxylic acids is 3. The van der Waals surface area contributed by atoms with Crippen molar-refractivity contribution < 1.29 is 28.2 Å². The molecule has 2 aromatic rings. The summed E-state index contributed by atoms with van der Waals surface area (Å²) in [5, 5.41) is 2.40. The molecule has 0 heterocycles. The summed E-state index contributed by atoms with van der Waals surface area (Å²) in [6.45, 7) is 1.42. The highest BCUT2D eigenvalue weighted by Crippen LogP contribution is 2.18. The summed E-state index contributed by atoms with van der Waals surface area (Å²) in [7, 11) is 0. The van der Waals surface area contributed by atoms with Crippen molar-refractivity contribution in [3.63, 3.8) is 0 Å². The van der Waals surface area contributed by atoms with E-state index in [1.165, 1.54) is 30.3 Å². The van der Waals surface area contributed by atoms with Gasteiger partial charge in [0, 0.05) is 5.69 Å². The molecule has 0 unspecified atom stereocenters. The van der Waals surface area contributed by atoms with E-state index in [0.29, 0.717) is 11.3 Å². The number of rotatable bonds is 6. The van der Waals surface area contributed by atoms with Crippen LogP contribution in [-0.2, 0) is 14.3 Å². The molecule has 0 fully saturated rings. The van der Waals surface area contributed by atoms with Crippen LogP contribution in [0.3, 0.4) is 0 Å². The van der Waals surface area contributed by atoms with Crippen LogP contribution >= 0.6 is 11.6 Å². The molecule has 0 spiro atoms. The van der Waals surface area contributed by atoms with E-state index in [4.69, 9.17) is 21.1 Å². The topological polar surface area (TPSA) is 81.7 Å². The molecule has 1 amide bonds. The first-order valence-electron chi connectivity index (χ1n) is 7.60. The molecule has 0 bridgehead atoms. The lowest BCUT2D eigenvalue weighted by Crippen LogP contribution is -2.21. The van der Waals surface area contributed by atoms with E-state index in [1.54, 1.807) is 6.92 Å². The normalized spacial score (nSPS) is 10.1. The van der Waals surface area contributed by atoms with Crippen LogP contribution in [0.2, 0.25) is 5.02 Å². The number of hydrogen-bond acceptors (Lipinski definition) is 5. The van der Waals surface area contributed by atoms with Crippen LogP contribution in [0.15, 0.2) is 42.5 Å². The lowest BCUT2D eigenvalue weighted by Gasteiger charge is -2.08. The minimum atomic E-state index is -0.845. The summed E-state index contributed by atoms with van der Waals surface area (Å²) in [5.41, 5.74) is 0.723. The lowest BCUT2D eigenvalue weighted by molar-refractivity contribution is -0.119. The summed E-state index contributed by atoms with van der Waals surface area (Å²) in [6.07, 6.45) is 0. The van der Waals surface area contributed by atoms with Crippen molar-refractivity contribution in [2.75, 3.05) is 18.5 Å². The maximum absolute atomic E-state index is 13.0. The average Bonchev–Trinajstić information content (AvgIpc) is 2.60. The fraction of sp³-hybridized carbons (Fsp3) is 0.167. The van der Waals surface area contributed by atoms with Crippen molar-refractivity contribution in [2.24, 2.45) is 0 Å². The van der Waals surface area contributed by atoms with E-state index in [2.05, 4.69) is 5.32 Å². The Morgan fingerprint density at radius 1 is 1.04 bits per heavy atom. The number of nitrogens with one attached hydrogen (secondary N) is 1. The lowest BCUT2D eigenvalue weighted by atomic mass is 10.2. The molecule has 2 rings (SSSR count). The molecular formula is C18H15ClFNO5. The van der Waals surface area contributed by atoms with Gasteiger partial charge in [0.1, 0.15) is 5.82 Å². The summed E-state index contributed by atoms with van der Waals surface area (Å²) < 4.78 is 22.7. The molecule has 0 aromatic heterocycles. The van der Waals surface area contributed by atoms with E-state index < -0.39 is 30.3 Å². The Labute approximate surface area is 153 Å². The van der Waals surface area contributed by atoms with Gasteiger partial charge in [-0.3, -0.25) is 4.79 Å². The van der Waals surface area contributed by atoms with Gasteiger partial charge in [-0.1, -0.05) is 11.6 Å². The Balaban J connectivity index is 1.88. The second kappa shape index (κ2) is 8.96. The first-order chi connectivity index (χ1) is 12.4. The van der Waals surface area contributed by atoms with E-state index in [9.17, 15) is 18.8 Å². The molecule has 8 heteroatoms. The number of halogens is 2. The Morgan fingerprint density at radius 3 is 2.35 bits per heavy atom. The number of esters is 2. The zero-order valence-electron chi connectivity index (χ0n) is 13.8. The third-order valence-electron chi connectivity index (χ3n) is 3.17. The van der Waals surface area contributed by atoms with Crippen LogP contribution in [0.4, 0.5) is 10.1 Å². The second-order valence-corrected chi connectivity index (χ2v) is 5.45. The van der Waals surface area contributed by atoms with Crippen LogP contribution in [0.25, 0.3) is 0 Å². The van der Waals surface area contributed by atoms with Crippen molar-refractivity contribution in [2.45, 2.75) is 6.92 Å². The van der Waals surface area contributed by atoms with Gasteiger partial charge in [-0.15, -0.1) is 0 Å². The largest absolute Gasteiger partial charge is 0.462 e. The zero-order chi connectivity index (χ0) is 19.1. The molecule has 0 saturated carbocycles. The number of carbonyl (C=O) groups is 3. The number of amides is 1. The minimum Gasteiger partial charge on any atom is -0.462 e. The molecule has 0 atom stereocenters. The highest BCUT2D eigenvalue weighted by Gasteiger charge is 2.14. The van der Waals surface area contributed by atoms with E-state index in [-0.39, 0.29) is 17.2 Å². The molecule has 0 saturated heterocycles. The van der Waals surface area contributed by atoms with Crippen LogP contribution in [0, 0.1) is 5.82 Å². The van der Waals surface area contributed by atoms with E-state index >= 15 is 0 Å². The molecule has 6 nitrogen and oxygen atoms in total. The van der Waals surface area contributed by atoms with E-state index in [1.807, 2.05) is 0 Å². The Kier molecular flexibility index (Phi) is 6.68. The summed E-state index contributed by atoms with van der Waals surface area (Å²) in [6, 6.07) is 9.24. The number of benzene rings is 2. The smallest absolute Gasteiger partial charge is 0.340 e. The molecule has 0 aliphatic carbocycles. The van der Waals surface area contributed by atoms with E-state index in [0.717, 1.165) is 12.1 Å². The van der Waals surface area contributed by atoms with Gasteiger partial charge in [0.2, 0.25) is 0 Å². The van der Waals surface area contributed by atoms with Crippen molar-refractivity contribution in [3.8, 4) is 0 Å². The molecule has 26 heavy (non-hydrogen) atoms. The maximum Gasteiger partial charge on any atom is 0.340 e.